The van der Waals surface area contributed by atoms with E-state index >= 15 is 0 Å². The van der Waals surface area contributed by atoms with Gasteiger partial charge >= 0.3 is 0 Å². The Labute approximate surface area is 143 Å². The predicted octanol–water partition coefficient (Wildman–Crippen LogP) is 2.93. The highest BCUT2D eigenvalue weighted by Gasteiger charge is 2.29. The van der Waals surface area contributed by atoms with E-state index in [2.05, 4.69) is 12.1 Å². The van der Waals surface area contributed by atoms with Crippen molar-refractivity contribution in [1.82, 2.24) is 4.90 Å². The monoisotopic (exact) mass is 324 g/mol. The third-order valence-electron chi connectivity index (χ3n) is 4.55. The number of hydrogen-bond acceptors (Lipinski definition) is 3. The second-order valence-electron chi connectivity index (χ2n) is 6.33. The molecule has 0 spiro atoms. The van der Waals surface area contributed by atoms with E-state index in [1.165, 1.54) is 0 Å². The number of ether oxygens (including phenoxy) is 1. The Morgan fingerprint density at radius 2 is 1.83 bits per heavy atom. The third kappa shape index (κ3) is 3.77. The molecule has 126 valence electrons. The van der Waals surface area contributed by atoms with Gasteiger partial charge in [-0.1, -0.05) is 42.5 Å². The molecule has 1 aliphatic rings. The van der Waals surface area contributed by atoms with Crippen molar-refractivity contribution in [3.8, 4) is 16.9 Å². The average molecular weight is 324 g/mol. The molecular weight excluding hydrogens is 300 g/mol. The lowest BCUT2D eigenvalue weighted by Gasteiger charge is -2.22. The predicted molar refractivity (Wildman–Crippen MR) is 95.7 cm³/mol. The zero-order chi connectivity index (χ0) is 16.9. The van der Waals surface area contributed by atoms with Crippen molar-refractivity contribution in [3.63, 3.8) is 0 Å². The summed E-state index contributed by atoms with van der Waals surface area (Å²) in [7, 11) is 0. The van der Waals surface area contributed by atoms with Crippen molar-refractivity contribution in [3.05, 3.63) is 54.6 Å². The van der Waals surface area contributed by atoms with E-state index in [9.17, 15) is 4.79 Å². The zero-order valence-corrected chi connectivity index (χ0v) is 14.0. The summed E-state index contributed by atoms with van der Waals surface area (Å²) in [5, 5.41) is 0. The molecule has 2 atom stereocenters. The minimum absolute atomic E-state index is 0.0399. The first-order valence-electron chi connectivity index (χ1n) is 8.48. The van der Waals surface area contributed by atoms with Crippen molar-refractivity contribution < 1.29 is 9.53 Å². The lowest BCUT2D eigenvalue weighted by molar-refractivity contribution is -0.136. The highest BCUT2D eigenvalue weighted by Crippen LogP contribution is 2.23. The minimum Gasteiger partial charge on any atom is -0.481 e. The molecule has 0 saturated carbocycles. The number of hydrogen-bond donors (Lipinski definition) is 1. The van der Waals surface area contributed by atoms with Crippen LogP contribution in [0.25, 0.3) is 11.1 Å². The van der Waals surface area contributed by atoms with E-state index in [0.29, 0.717) is 18.2 Å². The molecule has 3 rings (SSSR count). The van der Waals surface area contributed by atoms with Gasteiger partial charge in [0, 0.05) is 13.1 Å². The van der Waals surface area contributed by atoms with Gasteiger partial charge in [-0.3, -0.25) is 4.79 Å². The summed E-state index contributed by atoms with van der Waals surface area (Å²) < 4.78 is 5.83. The topological polar surface area (TPSA) is 55.6 Å². The highest BCUT2D eigenvalue weighted by atomic mass is 16.5. The smallest absolute Gasteiger partial charge is 0.263 e. The molecule has 2 N–H and O–H groups in total. The average Bonchev–Trinajstić information content (AvgIpc) is 3.11. The molecule has 1 fully saturated rings. The van der Waals surface area contributed by atoms with Crippen molar-refractivity contribution in [1.29, 1.82) is 0 Å². The lowest BCUT2D eigenvalue weighted by Crippen LogP contribution is -2.39. The largest absolute Gasteiger partial charge is 0.481 e. The molecule has 2 aromatic carbocycles. The van der Waals surface area contributed by atoms with Crippen molar-refractivity contribution >= 4 is 5.91 Å². The molecular formula is C20H24N2O2. The second kappa shape index (κ2) is 7.49. The number of amides is 1. The van der Waals surface area contributed by atoms with Crippen LogP contribution < -0.4 is 10.5 Å². The van der Waals surface area contributed by atoms with Gasteiger partial charge < -0.3 is 15.4 Å². The molecule has 24 heavy (non-hydrogen) atoms. The number of nitrogens with zero attached hydrogens (tertiary/aromatic N) is 1. The Bertz CT molecular complexity index is 670. The number of carbonyl (C=O) groups excluding carboxylic acids is 1. The number of benzene rings is 2. The first kappa shape index (κ1) is 16.5. The van der Waals surface area contributed by atoms with E-state index < -0.39 is 6.10 Å². The van der Waals surface area contributed by atoms with Gasteiger partial charge in [-0.2, -0.15) is 0 Å². The van der Waals surface area contributed by atoms with E-state index in [0.717, 1.165) is 30.6 Å². The third-order valence-corrected chi connectivity index (χ3v) is 4.55. The summed E-state index contributed by atoms with van der Waals surface area (Å²) in [6, 6.07) is 18.0. The molecule has 0 aliphatic carbocycles. The standard InChI is InChI=1S/C20H24N2O2/c1-15(20(23)22-12-11-16(13-21)14-22)24-19-9-7-18(8-10-19)17-5-3-2-4-6-17/h2-10,15-16H,11-14,21H2,1H3. The van der Waals surface area contributed by atoms with Gasteiger partial charge in [-0.05, 0) is 49.1 Å². The molecule has 0 bridgehead atoms. The normalized spacial score (nSPS) is 18.4. The minimum atomic E-state index is -0.482. The first-order chi connectivity index (χ1) is 11.7. The Morgan fingerprint density at radius 3 is 2.46 bits per heavy atom. The Balaban J connectivity index is 1.60. The molecule has 0 radical (unpaired) electrons. The quantitative estimate of drug-likeness (QED) is 0.920. The molecule has 4 heteroatoms. The molecule has 4 nitrogen and oxygen atoms in total. The van der Waals surface area contributed by atoms with Crippen LogP contribution in [0.4, 0.5) is 0 Å². The fraction of sp³-hybridized carbons (Fsp3) is 0.350. The van der Waals surface area contributed by atoms with Crippen LogP contribution in [0.1, 0.15) is 13.3 Å². The summed E-state index contributed by atoms with van der Waals surface area (Å²) in [6.07, 6.45) is 0.505. The van der Waals surface area contributed by atoms with Crippen LogP contribution in [-0.4, -0.2) is 36.5 Å². The summed E-state index contributed by atoms with van der Waals surface area (Å²) >= 11 is 0. The summed E-state index contributed by atoms with van der Waals surface area (Å²) in [5.41, 5.74) is 7.99. The van der Waals surface area contributed by atoms with E-state index in [4.69, 9.17) is 10.5 Å². The Hall–Kier alpha value is -2.33. The van der Waals surface area contributed by atoms with Gasteiger partial charge in [0.1, 0.15) is 5.75 Å². The Kier molecular flexibility index (Phi) is 5.16. The van der Waals surface area contributed by atoms with Gasteiger partial charge in [0.15, 0.2) is 6.10 Å². The maximum Gasteiger partial charge on any atom is 0.263 e. The maximum atomic E-state index is 12.5. The van der Waals surface area contributed by atoms with Gasteiger partial charge in [-0.25, -0.2) is 0 Å². The van der Waals surface area contributed by atoms with E-state index in [1.54, 1.807) is 0 Å². The highest BCUT2D eigenvalue weighted by molar-refractivity contribution is 5.81. The molecule has 1 amide bonds. The van der Waals surface area contributed by atoms with Gasteiger partial charge in [0.25, 0.3) is 5.91 Å². The van der Waals surface area contributed by atoms with Crippen LogP contribution >= 0.6 is 0 Å². The molecule has 1 heterocycles. The van der Waals surface area contributed by atoms with E-state index in [-0.39, 0.29) is 5.91 Å². The molecule has 2 aromatic rings. The number of rotatable bonds is 5. The molecule has 1 aliphatic heterocycles. The summed E-state index contributed by atoms with van der Waals surface area (Å²) in [6.45, 7) is 3.97. The summed E-state index contributed by atoms with van der Waals surface area (Å²) in [5.74, 6) is 1.18. The van der Waals surface area contributed by atoms with Crippen LogP contribution in [0, 0.1) is 5.92 Å². The van der Waals surface area contributed by atoms with Crippen LogP contribution in [0.2, 0.25) is 0 Å². The summed E-state index contributed by atoms with van der Waals surface area (Å²) in [4.78, 5) is 14.3. The second-order valence-corrected chi connectivity index (χ2v) is 6.33. The first-order valence-corrected chi connectivity index (χ1v) is 8.48. The Morgan fingerprint density at radius 1 is 1.17 bits per heavy atom. The fourth-order valence-electron chi connectivity index (χ4n) is 3.09. The van der Waals surface area contributed by atoms with Crippen LogP contribution in [0.3, 0.4) is 0 Å². The zero-order valence-electron chi connectivity index (χ0n) is 14.0. The van der Waals surface area contributed by atoms with Crippen LogP contribution in [0.5, 0.6) is 5.75 Å². The molecule has 2 unspecified atom stereocenters. The lowest BCUT2D eigenvalue weighted by atomic mass is 10.1. The van der Waals surface area contributed by atoms with Gasteiger partial charge in [-0.15, -0.1) is 0 Å². The van der Waals surface area contributed by atoms with Crippen molar-refractivity contribution in [2.75, 3.05) is 19.6 Å². The van der Waals surface area contributed by atoms with Gasteiger partial charge in [0.2, 0.25) is 0 Å². The number of carbonyl (C=O) groups is 1. The van der Waals surface area contributed by atoms with Crippen molar-refractivity contribution in [2.45, 2.75) is 19.4 Å². The van der Waals surface area contributed by atoms with E-state index in [1.807, 2.05) is 54.3 Å². The SMILES string of the molecule is CC(Oc1ccc(-c2ccccc2)cc1)C(=O)N1CCC(CN)C1. The van der Waals surface area contributed by atoms with Crippen molar-refractivity contribution in [2.24, 2.45) is 11.7 Å². The molecule has 1 saturated heterocycles. The van der Waals surface area contributed by atoms with Crippen LogP contribution in [0.15, 0.2) is 54.6 Å². The fourth-order valence-corrected chi connectivity index (χ4v) is 3.09. The number of nitrogens with two attached hydrogens (primary N) is 1. The number of likely N-dealkylation sites (tertiary alicyclic amines) is 1. The van der Waals surface area contributed by atoms with Gasteiger partial charge in [0.05, 0.1) is 0 Å². The maximum absolute atomic E-state index is 12.5. The van der Waals surface area contributed by atoms with Crippen LogP contribution in [-0.2, 0) is 4.79 Å². The molecule has 0 aromatic heterocycles.